The number of carbonyl (C=O) groups is 1. The molecule has 0 bridgehead atoms. The van der Waals surface area contributed by atoms with Crippen molar-refractivity contribution in [2.45, 2.75) is 26.8 Å². The van der Waals surface area contributed by atoms with E-state index in [1.807, 2.05) is 23.6 Å². The summed E-state index contributed by atoms with van der Waals surface area (Å²) in [7, 11) is 0. The van der Waals surface area contributed by atoms with Crippen LogP contribution in [0.2, 0.25) is 10.0 Å². The zero-order chi connectivity index (χ0) is 18.0. The zero-order valence-electron chi connectivity index (χ0n) is 13.8. The monoisotopic (exact) mass is 394 g/mol. The smallest absolute Gasteiger partial charge is 0.315 e. The third-order valence-electron chi connectivity index (χ3n) is 3.74. The summed E-state index contributed by atoms with van der Waals surface area (Å²) in [5.74, 6) is -0.165. The molecule has 7 heteroatoms. The Kier molecular flexibility index (Phi) is 5.47. The molecule has 1 amide bonds. The maximum atomic E-state index is 12.3. The Morgan fingerprint density at radius 2 is 2.04 bits per heavy atom. The first kappa shape index (κ1) is 18.0. The maximum Gasteiger partial charge on any atom is 0.315 e. The number of benzene rings is 1. The number of aromatic nitrogens is 1. The normalized spacial score (nSPS) is 11.9. The largest absolute Gasteiger partial charge is 0.459 e. The van der Waals surface area contributed by atoms with E-state index < -0.39 is 5.91 Å². The SMILES string of the molecule is CCc1sc(=NC(=O)c2ccco2)n(CC)c1-c1ccc(Cl)c(Cl)c1. The van der Waals surface area contributed by atoms with E-state index in [1.165, 1.54) is 17.6 Å². The summed E-state index contributed by atoms with van der Waals surface area (Å²) in [4.78, 5) is 18.3. The van der Waals surface area contributed by atoms with Gasteiger partial charge in [-0.25, -0.2) is 0 Å². The summed E-state index contributed by atoms with van der Waals surface area (Å²) in [5, 5.41) is 1.01. The van der Waals surface area contributed by atoms with E-state index in [0.29, 0.717) is 21.4 Å². The Hall–Kier alpha value is -1.82. The van der Waals surface area contributed by atoms with Crippen molar-refractivity contribution in [2.24, 2.45) is 4.99 Å². The van der Waals surface area contributed by atoms with Gasteiger partial charge < -0.3 is 8.98 Å². The van der Waals surface area contributed by atoms with Crippen LogP contribution in [0.5, 0.6) is 0 Å². The molecular weight excluding hydrogens is 379 g/mol. The molecule has 0 aliphatic heterocycles. The molecule has 3 aromatic rings. The highest BCUT2D eigenvalue weighted by atomic mass is 35.5. The molecule has 4 nitrogen and oxygen atoms in total. The molecule has 0 atom stereocenters. The quantitative estimate of drug-likeness (QED) is 0.591. The number of halogens is 2. The van der Waals surface area contributed by atoms with Gasteiger partial charge in [0.2, 0.25) is 0 Å². The van der Waals surface area contributed by atoms with E-state index >= 15 is 0 Å². The lowest BCUT2D eigenvalue weighted by molar-refractivity contribution is 0.0971. The van der Waals surface area contributed by atoms with Crippen LogP contribution in [-0.2, 0) is 13.0 Å². The zero-order valence-corrected chi connectivity index (χ0v) is 16.1. The van der Waals surface area contributed by atoms with Crippen LogP contribution in [0.15, 0.2) is 46.0 Å². The Bertz CT molecular complexity index is 972. The van der Waals surface area contributed by atoms with Gasteiger partial charge in [0.05, 0.1) is 22.0 Å². The third-order valence-corrected chi connectivity index (χ3v) is 5.70. The van der Waals surface area contributed by atoms with Gasteiger partial charge in [0.25, 0.3) is 0 Å². The molecule has 1 aromatic carbocycles. The predicted octanol–water partition coefficient (Wildman–Crippen LogP) is 5.44. The minimum absolute atomic E-state index is 0.227. The molecule has 0 saturated heterocycles. The van der Waals surface area contributed by atoms with Crippen molar-refractivity contribution in [1.29, 1.82) is 0 Å². The molecule has 2 aromatic heterocycles. The van der Waals surface area contributed by atoms with Crippen molar-refractivity contribution >= 4 is 40.4 Å². The van der Waals surface area contributed by atoms with E-state index in [9.17, 15) is 4.79 Å². The Balaban J connectivity index is 2.18. The molecule has 0 aliphatic carbocycles. The fourth-order valence-electron chi connectivity index (χ4n) is 2.58. The molecule has 130 valence electrons. The average Bonchev–Trinajstić information content (AvgIpc) is 3.24. The molecule has 0 N–H and O–H groups in total. The number of hydrogen-bond acceptors (Lipinski definition) is 3. The van der Waals surface area contributed by atoms with Crippen molar-refractivity contribution in [3.63, 3.8) is 0 Å². The molecule has 25 heavy (non-hydrogen) atoms. The predicted molar refractivity (Wildman–Crippen MR) is 101 cm³/mol. The highest BCUT2D eigenvalue weighted by molar-refractivity contribution is 7.09. The summed E-state index contributed by atoms with van der Waals surface area (Å²) in [5.41, 5.74) is 1.97. The van der Waals surface area contributed by atoms with E-state index in [2.05, 4.69) is 11.9 Å². The van der Waals surface area contributed by atoms with E-state index in [1.54, 1.807) is 18.2 Å². The lowest BCUT2D eigenvalue weighted by Crippen LogP contribution is -2.17. The summed E-state index contributed by atoms with van der Waals surface area (Å²) >= 11 is 13.7. The topological polar surface area (TPSA) is 47.5 Å². The van der Waals surface area contributed by atoms with Crippen molar-refractivity contribution in [3.8, 4) is 11.3 Å². The van der Waals surface area contributed by atoms with Gasteiger partial charge in [0.15, 0.2) is 10.6 Å². The van der Waals surface area contributed by atoms with Crippen molar-refractivity contribution < 1.29 is 9.21 Å². The average molecular weight is 395 g/mol. The first-order valence-electron chi connectivity index (χ1n) is 7.85. The van der Waals surface area contributed by atoms with Crippen LogP contribution in [0, 0.1) is 0 Å². The second-order valence-corrected chi connectivity index (χ2v) is 7.15. The van der Waals surface area contributed by atoms with Crippen LogP contribution >= 0.6 is 34.5 Å². The molecule has 0 radical (unpaired) electrons. The van der Waals surface area contributed by atoms with E-state index in [0.717, 1.165) is 22.6 Å². The minimum atomic E-state index is -0.392. The Labute approximate surface area is 159 Å². The number of thiazole rings is 1. The molecular formula is C18H16Cl2N2O2S. The number of hydrogen-bond donors (Lipinski definition) is 0. The number of carbonyl (C=O) groups excluding carboxylic acids is 1. The van der Waals surface area contributed by atoms with Crippen molar-refractivity contribution in [2.75, 3.05) is 0 Å². The summed E-state index contributed by atoms with van der Waals surface area (Å²) in [6.07, 6.45) is 2.29. The number of rotatable bonds is 4. The van der Waals surface area contributed by atoms with Crippen LogP contribution in [0.4, 0.5) is 0 Å². The molecule has 0 spiro atoms. The van der Waals surface area contributed by atoms with Crippen LogP contribution in [0.25, 0.3) is 11.3 Å². The van der Waals surface area contributed by atoms with Crippen LogP contribution in [0.3, 0.4) is 0 Å². The van der Waals surface area contributed by atoms with E-state index in [-0.39, 0.29) is 5.76 Å². The lowest BCUT2D eigenvalue weighted by atomic mass is 10.1. The number of furan rings is 1. The molecule has 0 unspecified atom stereocenters. The second kappa shape index (κ2) is 7.60. The minimum Gasteiger partial charge on any atom is -0.459 e. The molecule has 0 aliphatic rings. The van der Waals surface area contributed by atoms with Gasteiger partial charge in [-0.1, -0.05) is 36.2 Å². The molecule has 0 fully saturated rings. The van der Waals surface area contributed by atoms with Crippen LogP contribution in [0.1, 0.15) is 29.3 Å². The van der Waals surface area contributed by atoms with Crippen molar-refractivity contribution in [3.05, 3.63) is 62.1 Å². The number of amides is 1. The summed E-state index contributed by atoms with van der Waals surface area (Å²) in [6, 6.07) is 8.83. The first-order chi connectivity index (χ1) is 12.0. The van der Waals surface area contributed by atoms with E-state index in [4.69, 9.17) is 27.6 Å². The van der Waals surface area contributed by atoms with Gasteiger partial charge in [-0.3, -0.25) is 4.79 Å². The standard InChI is InChI=1S/C18H16Cl2N2O2S/c1-3-15-16(11-7-8-12(19)13(20)10-11)22(4-2)18(25-15)21-17(23)14-6-5-9-24-14/h5-10H,3-4H2,1-2H3. The Morgan fingerprint density at radius 1 is 1.24 bits per heavy atom. The summed E-state index contributed by atoms with van der Waals surface area (Å²) < 4.78 is 7.16. The third kappa shape index (κ3) is 3.59. The number of aryl methyl sites for hydroxylation is 1. The fourth-order valence-corrected chi connectivity index (χ4v) is 4.03. The van der Waals surface area contributed by atoms with Gasteiger partial charge in [-0.15, -0.1) is 11.3 Å². The highest BCUT2D eigenvalue weighted by Crippen LogP contribution is 2.31. The van der Waals surface area contributed by atoms with Gasteiger partial charge in [-0.05, 0) is 37.6 Å². The number of nitrogens with zero attached hydrogens (tertiary/aromatic N) is 2. The van der Waals surface area contributed by atoms with Crippen molar-refractivity contribution in [1.82, 2.24) is 4.57 Å². The highest BCUT2D eigenvalue weighted by Gasteiger charge is 2.16. The van der Waals surface area contributed by atoms with Gasteiger partial charge >= 0.3 is 5.91 Å². The molecule has 3 rings (SSSR count). The molecule has 0 saturated carbocycles. The second-order valence-electron chi connectivity index (χ2n) is 5.28. The molecule has 2 heterocycles. The van der Waals surface area contributed by atoms with Gasteiger partial charge in [0.1, 0.15) is 0 Å². The van der Waals surface area contributed by atoms with Crippen LogP contribution < -0.4 is 4.80 Å². The maximum absolute atomic E-state index is 12.3. The van der Waals surface area contributed by atoms with Crippen LogP contribution in [-0.4, -0.2) is 10.5 Å². The van der Waals surface area contributed by atoms with Gasteiger partial charge in [0, 0.05) is 17.0 Å². The fraction of sp³-hybridized carbons (Fsp3) is 0.222. The first-order valence-corrected chi connectivity index (χ1v) is 9.42. The van der Waals surface area contributed by atoms with Gasteiger partial charge in [-0.2, -0.15) is 4.99 Å². The lowest BCUT2D eigenvalue weighted by Gasteiger charge is -2.09. The summed E-state index contributed by atoms with van der Waals surface area (Å²) in [6.45, 7) is 4.77. The Morgan fingerprint density at radius 3 is 2.64 bits per heavy atom.